The lowest BCUT2D eigenvalue weighted by atomic mass is 9.57. The van der Waals surface area contributed by atoms with Crippen LogP contribution in [0.5, 0.6) is 0 Å². The molecule has 0 saturated heterocycles. The lowest BCUT2D eigenvalue weighted by molar-refractivity contribution is -0.138. The molecule has 2 atom stereocenters. The van der Waals surface area contributed by atoms with Gasteiger partial charge in [-0.15, -0.1) is 0 Å². The molecule has 0 aromatic heterocycles. The minimum absolute atomic E-state index is 0.136. The summed E-state index contributed by atoms with van der Waals surface area (Å²) in [7, 11) is 0. The molecule has 0 amide bonds. The smallest absolute Gasteiger partial charge is 0.338 e. The molecule has 1 fully saturated rings. The molecule has 0 heterocycles. The molecule has 1 aliphatic carbocycles. The summed E-state index contributed by atoms with van der Waals surface area (Å²) in [5, 5.41) is 0. The largest absolute Gasteiger partial charge is 0.461 e. The molecular weight excluding hydrogens is 356 g/mol. The summed E-state index contributed by atoms with van der Waals surface area (Å²) >= 11 is 3.34. The van der Waals surface area contributed by atoms with Gasteiger partial charge in [0.15, 0.2) is 0 Å². The van der Waals surface area contributed by atoms with Crippen LogP contribution in [0.25, 0.3) is 0 Å². The lowest BCUT2D eigenvalue weighted by Gasteiger charge is -2.46. The van der Waals surface area contributed by atoms with Gasteiger partial charge < -0.3 is 4.74 Å². The fourth-order valence-electron chi connectivity index (χ4n) is 3.04. The van der Waals surface area contributed by atoms with E-state index >= 15 is 0 Å². The minimum atomic E-state index is -0.399. The van der Waals surface area contributed by atoms with Gasteiger partial charge in [0.1, 0.15) is 12.4 Å². The van der Waals surface area contributed by atoms with Crippen LogP contribution in [0.4, 0.5) is 0 Å². The molecule has 3 nitrogen and oxygen atoms in total. The van der Waals surface area contributed by atoms with E-state index in [4.69, 9.17) is 4.74 Å². The van der Waals surface area contributed by atoms with E-state index in [0.717, 1.165) is 10.0 Å². The molecule has 4 heteroatoms. The Morgan fingerprint density at radius 3 is 2.39 bits per heavy atom. The maximum absolute atomic E-state index is 12.2. The van der Waals surface area contributed by atoms with Crippen molar-refractivity contribution in [3.05, 3.63) is 70.2 Å². The first kappa shape index (κ1) is 15.9. The normalized spacial score (nSPS) is 23.2. The van der Waals surface area contributed by atoms with Crippen molar-refractivity contribution in [3.8, 4) is 0 Å². The van der Waals surface area contributed by atoms with E-state index in [-0.39, 0.29) is 24.3 Å². The highest BCUT2D eigenvalue weighted by molar-refractivity contribution is 9.10. The van der Waals surface area contributed by atoms with Crippen LogP contribution in [0, 0.1) is 5.92 Å². The van der Waals surface area contributed by atoms with Crippen LogP contribution in [0.2, 0.25) is 0 Å². The number of carbonyl (C=O) groups is 2. The van der Waals surface area contributed by atoms with Crippen LogP contribution in [0.3, 0.4) is 0 Å². The maximum atomic E-state index is 12.2. The highest BCUT2D eigenvalue weighted by Crippen LogP contribution is 2.46. The summed E-state index contributed by atoms with van der Waals surface area (Å²) in [4.78, 5) is 24.1. The second kappa shape index (κ2) is 6.28. The summed E-state index contributed by atoms with van der Waals surface area (Å²) in [6.45, 7) is 2.13. The average molecular weight is 373 g/mol. The Morgan fingerprint density at radius 1 is 1.17 bits per heavy atom. The van der Waals surface area contributed by atoms with Crippen LogP contribution in [-0.4, -0.2) is 18.4 Å². The zero-order chi connectivity index (χ0) is 16.4. The molecule has 2 aromatic rings. The van der Waals surface area contributed by atoms with E-state index in [1.807, 2.05) is 37.3 Å². The predicted octanol–water partition coefficient (Wildman–Crippen LogP) is 4.15. The predicted molar refractivity (Wildman–Crippen MR) is 91.3 cm³/mol. The molecule has 1 saturated carbocycles. The summed E-state index contributed by atoms with van der Waals surface area (Å²) in [5.41, 5.74) is 1.16. The fraction of sp³-hybridized carbons (Fsp3) is 0.263. The number of benzene rings is 2. The zero-order valence-electron chi connectivity index (χ0n) is 12.8. The van der Waals surface area contributed by atoms with Crippen molar-refractivity contribution in [3.63, 3.8) is 0 Å². The number of Topliss-reactive ketones (excluding diaryl/α,β-unsaturated/α-hetero) is 1. The van der Waals surface area contributed by atoms with Crippen LogP contribution in [-0.2, 0) is 14.9 Å². The van der Waals surface area contributed by atoms with Crippen LogP contribution in [0.15, 0.2) is 59.1 Å². The van der Waals surface area contributed by atoms with Crippen LogP contribution >= 0.6 is 15.9 Å². The van der Waals surface area contributed by atoms with Crippen molar-refractivity contribution >= 4 is 27.7 Å². The first-order valence-corrected chi connectivity index (χ1v) is 8.33. The Balaban J connectivity index is 1.77. The molecule has 0 aliphatic heterocycles. The molecule has 23 heavy (non-hydrogen) atoms. The minimum Gasteiger partial charge on any atom is -0.461 e. The topological polar surface area (TPSA) is 43.4 Å². The van der Waals surface area contributed by atoms with E-state index in [2.05, 4.69) is 15.9 Å². The van der Waals surface area contributed by atoms with Crippen molar-refractivity contribution in [1.29, 1.82) is 0 Å². The van der Waals surface area contributed by atoms with Crippen molar-refractivity contribution in [2.45, 2.75) is 18.8 Å². The molecule has 0 unspecified atom stereocenters. The molecule has 0 bridgehead atoms. The van der Waals surface area contributed by atoms with Gasteiger partial charge in [-0.2, -0.15) is 0 Å². The summed E-state index contributed by atoms with van der Waals surface area (Å²) in [5.74, 6) is -0.282. The SMILES string of the molecule is C[C@H]1C(=O)C[C@]1(COC(=O)c1ccc(Br)cc1)c1ccccc1. The first-order chi connectivity index (χ1) is 11.0. The van der Waals surface area contributed by atoms with Crippen LogP contribution in [0.1, 0.15) is 29.3 Å². The van der Waals surface area contributed by atoms with E-state index < -0.39 is 5.41 Å². The third kappa shape index (κ3) is 2.95. The molecular formula is C19H17BrO3. The van der Waals surface area contributed by atoms with E-state index in [0.29, 0.717) is 12.0 Å². The molecule has 0 radical (unpaired) electrons. The van der Waals surface area contributed by atoms with Crippen molar-refractivity contribution in [2.75, 3.05) is 6.61 Å². The molecule has 2 aromatic carbocycles. The number of halogens is 1. The van der Waals surface area contributed by atoms with Gasteiger partial charge in [-0.05, 0) is 29.8 Å². The number of esters is 1. The molecule has 0 spiro atoms. The molecule has 118 valence electrons. The first-order valence-electron chi connectivity index (χ1n) is 7.54. The summed E-state index contributed by atoms with van der Waals surface area (Å²) in [6, 6.07) is 16.9. The molecule has 1 aliphatic rings. The quantitative estimate of drug-likeness (QED) is 0.757. The molecule has 3 rings (SSSR count). The number of rotatable bonds is 4. The summed E-state index contributed by atoms with van der Waals surface area (Å²) < 4.78 is 6.45. The van der Waals surface area contributed by atoms with Crippen LogP contribution < -0.4 is 0 Å². The van der Waals surface area contributed by atoms with E-state index in [9.17, 15) is 9.59 Å². The third-order valence-electron chi connectivity index (χ3n) is 4.69. The Bertz CT molecular complexity index is 724. The van der Waals surface area contributed by atoms with Crippen molar-refractivity contribution in [1.82, 2.24) is 0 Å². The van der Waals surface area contributed by atoms with E-state index in [1.165, 1.54) is 0 Å². The van der Waals surface area contributed by atoms with Crippen molar-refractivity contribution in [2.24, 2.45) is 5.92 Å². The standard InChI is InChI=1S/C19H17BrO3/c1-13-17(21)11-19(13,15-5-3-2-4-6-15)12-23-18(22)14-7-9-16(20)10-8-14/h2-10,13H,11-12H2,1H3/t13-,19+/m0/s1. The Kier molecular flexibility index (Phi) is 4.35. The maximum Gasteiger partial charge on any atom is 0.338 e. The Hall–Kier alpha value is -1.94. The monoisotopic (exact) mass is 372 g/mol. The fourth-order valence-corrected chi connectivity index (χ4v) is 3.30. The van der Waals surface area contributed by atoms with Gasteiger partial charge in [-0.1, -0.05) is 53.2 Å². The number of hydrogen-bond donors (Lipinski definition) is 0. The average Bonchev–Trinajstić information content (AvgIpc) is 2.59. The van der Waals surface area contributed by atoms with Gasteiger partial charge in [0.2, 0.25) is 0 Å². The number of ether oxygens (including phenoxy) is 1. The van der Waals surface area contributed by atoms with Crippen molar-refractivity contribution < 1.29 is 14.3 Å². The number of hydrogen-bond acceptors (Lipinski definition) is 3. The van der Waals surface area contributed by atoms with E-state index in [1.54, 1.807) is 24.3 Å². The Labute approximate surface area is 143 Å². The highest BCUT2D eigenvalue weighted by Gasteiger charge is 2.52. The number of ketones is 1. The highest BCUT2D eigenvalue weighted by atomic mass is 79.9. The van der Waals surface area contributed by atoms with Gasteiger partial charge in [0, 0.05) is 22.2 Å². The van der Waals surface area contributed by atoms with Gasteiger partial charge in [0.05, 0.1) is 5.56 Å². The number of carbonyl (C=O) groups excluding carboxylic acids is 2. The Morgan fingerprint density at radius 2 is 1.83 bits per heavy atom. The summed E-state index contributed by atoms with van der Waals surface area (Å²) in [6.07, 6.45) is 0.422. The second-order valence-corrected chi connectivity index (χ2v) is 6.89. The molecule has 0 N–H and O–H groups in total. The zero-order valence-corrected chi connectivity index (χ0v) is 14.4. The second-order valence-electron chi connectivity index (χ2n) is 5.97. The van der Waals surface area contributed by atoms with Gasteiger partial charge in [-0.25, -0.2) is 4.79 Å². The van der Waals surface area contributed by atoms with Gasteiger partial charge >= 0.3 is 5.97 Å². The third-order valence-corrected chi connectivity index (χ3v) is 5.22. The van der Waals surface area contributed by atoms with Gasteiger partial charge in [-0.3, -0.25) is 4.79 Å². The lowest BCUT2D eigenvalue weighted by Crippen LogP contribution is -2.54. The van der Waals surface area contributed by atoms with Gasteiger partial charge in [0.25, 0.3) is 0 Å².